The fourth-order valence-corrected chi connectivity index (χ4v) is 5.06. The second kappa shape index (κ2) is 11.6. The molecule has 1 saturated heterocycles. The van der Waals surface area contributed by atoms with Crippen molar-refractivity contribution in [2.24, 2.45) is 5.41 Å². The first-order chi connectivity index (χ1) is 19.7. The SMILES string of the molecule is CCOc1ccc(-c2ccc([C@@H]3[C@H](c4ccccn4)NC(=S)N3c3ccc(NC(=O)C(C)(C)C)c(OC)c3)o2)cc1. The monoisotopic (exact) mass is 570 g/mol. The topological polar surface area (TPSA) is 88.9 Å². The molecule has 0 bridgehead atoms. The molecule has 1 aliphatic heterocycles. The Morgan fingerprint density at radius 3 is 2.54 bits per heavy atom. The van der Waals surface area contributed by atoms with Crippen LogP contribution in [0.25, 0.3) is 11.3 Å². The summed E-state index contributed by atoms with van der Waals surface area (Å²) < 4.78 is 17.7. The smallest absolute Gasteiger partial charge is 0.229 e. The Labute approximate surface area is 245 Å². The molecule has 1 amide bonds. The Morgan fingerprint density at radius 1 is 1.10 bits per heavy atom. The predicted molar refractivity (Wildman–Crippen MR) is 164 cm³/mol. The van der Waals surface area contributed by atoms with Gasteiger partial charge in [0.15, 0.2) is 5.11 Å². The molecular weight excluding hydrogens is 536 g/mol. The highest BCUT2D eigenvalue weighted by Gasteiger charge is 2.43. The van der Waals surface area contributed by atoms with Gasteiger partial charge in [-0.05, 0) is 79.8 Å². The number of aromatic nitrogens is 1. The Hall–Kier alpha value is -4.37. The molecule has 9 heteroatoms. The number of furan rings is 1. The standard InChI is InChI=1S/C32H34N4O4S/c1-6-39-22-13-10-20(11-14-22)25-16-17-26(40-25)29-28(24-9-7-8-18-33-24)35-31(41)36(29)21-12-15-23(27(19-21)38-5)34-30(37)32(2,3)4/h7-19,28-29H,6H2,1-5H3,(H,34,37)(H,35,41)/t28-,29+/m0/s1. The van der Waals surface area contributed by atoms with Gasteiger partial charge in [-0.3, -0.25) is 9.78 Å². The van der Waals surface area contributed by atoms with Crippen LogP contribution in [0.5, 0.6) is 11.5 Å². The van der Waals surface area contributed by atoms with E-state index in [2.05, 4.69) is 15.6 Å². The lowest BCUT2D eigenvalue weighted by Gasteiger charge is -2.27. The van der Waals surface area contributed by atoms with Gasteiger partial charge in [0.1, 0.15) is 29.1 Å². The lowest BCUT2D eigenvalue weighted by Crippen LogP contribution is -2.30. The maximum atomic E-state index is 12.7. The van der Waals surface area contributed by atoms with E-state index in [4.69, 9.17) is 26.1 Å². The van der Waals surface area contributed by atoms with Crippen LogP contribution in [0.15, 0.2) is 83.4 Å². The number of anilines is 2. The van der Waals surface area contributed by atoms with Crippen LogP contribution in [0, 0.1) is 5.41 Å². The van der Waals surface area contributed by atoms with Crippen LogP contribution in [-0.2, 0) is 4.79 Å². The Balaban J connectivity index is 1.53. The molecule has 0 unspecified atom stereocenters. The van der Waals surface area contributed by atoms with Gasteiger partial charge in [-0.1, -0.05) is 26.8 Å². The van der Waals surface area contributed by atoms with Crippen molar-refractivity contribution in [2.45, 2.75) is 39.8 Å². The summed E-state index contributed by atoms with van der Waals surface area (Å²) >= 11 is 5.87. The van der Waals surface area contributed by atoms with Gasteiger partial charge in [0.25, 0.3) is 0 Å². The summed E-state index contributed by atoms with van der Waals surface area (Å²) in [7, 11) is 1.58. The molecule has 2 atom stereocenters. The Kier molecular flexibility index (Phi) is 7.99. The van der Waals surface area contributed by atoms with Gasteiger partial charge in [-0.2, -0.15) is 0 Å². The minimum absolute atomic E-state index is 0.104. The Bertz CT molecular complexity index is 1530. The molecule has 4 aromatic rings. The quantitative estimate of drug-likeness (QED) is 0.221. The van der Waals surface area contributed by atoms with Gasteiger partial charge in [0.2, 0.25) is 5.91 Å². The molecule has 2 aromatic carbocycles. The largest absolute Gasteiger partial charge is 0.494 e. The van der Waals surface area contributed by atoms with Crippen LogP contribution in [-0.4, -0.2) is 29.7 Å². The molecule has 2 N–H and O–H groups in total. The second-order valence-electron chi connectivity index (χ2n) is 10.7. The Morgan fingerprint density at radius 2 is 1.88 bits per heavy atom. The van der Waals surface area contributed by atoms with E-state index >= 15 is 0 Å². The van der Waals surface area contributed by atoms with Crippen LogP contribution in [0.2, 0.25) is 0 Å². The number of ether oxygens (including phenoxy) is 2. The summed E-state index contributed by atoms with van der Waals surface area (Å²) in [6.07, 6.45) is 1.77. The maximum Gasteiger partial charge on any atom is 0.229 e. The maximum absolute atomic E-state index is 12.7. The van der Waals surface area contributed by atoms with E-state index in [1.807, 2.05) is 105 Å². The highest BCUT2D eigenvalue weighted by molar-refractivity contribution is 7.80. The van der Waals surface area contributed by atoms with Crippen molar-refractivity contribution in [3.05, 3.63) is 90.4 Å². The number of amides is 1. The summed E-state index contributed by atoms with van der Waals surface area (Å²) in [5.74, 6) is 2.69. The normalized spacial score (nSPS) is 16.8. The lowest BCUT2D eigenvalue weighted by atomic mass is 9.95. The van der Waals surface area contributed by atoms with Crippen LogP contribution in [0.3, 0.4) is 0 Å². The van der Waals surface area contributed by atoms with Crippen molar-refractivity contribution in [1.82, 2.24) is 10.3 Å². The van der Waals surface area contributed by atoms with Crippen LogP contribution >= 0.6 is 12.2 Å². The van der Waals surface area contributed by atoms with Crippen molar-refractivity contribution in [2.75, 3.05) is 23.9 Å². The number of carbonyl (C=O) groups excluding carboxylic acids is 1. The number of thiocarbonyl (C=S) groups is 1. The number of hydrogen-bond donors (Lipinski definition) is 2. The molecule has 0 radical (unpaired) electrons. The molecule has 2 aromatic heterocycles. The average molecular weight is 571 g/mol. The third kappa shape index (κ3) is 5.90. The van der Waals surface area contributed by atoms with Crippen molar-refractivity contribution >= 4 is 34.6 Å². The molecule has 1 aliphatic rings. The number of nitrogens with one attached hydrogen (secondary N) is 2. The van der Waals surface area contributed by atoms with Gasteiger partial charge >= 0.3 is 0 Å². The number of hydrogen-bond acceptors (Lipinski definition) is 6. The van der Waals surface area contributed by atoms with Gasteiger partial charge in [0.05, 0.1) is 31.1 Å². The first-order valence-electron chi connectivity index (χ1n) is 13.5. The summed E-state index contributed by atoms with van der Waals surface area (Å²) in [5, 5.41) is 6.95. The fraction of sp³-hybridized carbons (Fsp3) is 0.281. The second-order valence-corrected chi connectivity index (χ2v) is 11.1. The first-order valence-corrected chi connectivity index (χ1v) is 13.9. The van der Waals surface area contributed by atoms with Gasteiger partial charge in [0, 0.05) is 28.9 Å². The van der Waals surface area contributed by atoms with Gasteiger partial charge in [-0.25, -0.2) is 0 Å². The predicted octanol–water partition coefficient (Wildman–Crippen LogP) is 6.91. The minimum atomic E-state index is -0.550. The molecule has 5 rings (SSSR count). The lowest BCUT2D eigenvalue weighted by molar-refractivity contribution is -0.123. The van der Waals surface area contributed by atoms with Gasteiger partial charge < -0.3 is 29.4 Å². The average Bonchev–Trinajstić information content (AvgIpc) is 3.58. The number of nitrogens with zero attached hydrogens (tertiary/aromatic N) is 2. The molecule has 41 heavy (non-hydrogen) atoms. The molecule has 3 heterocycles. The number of rotatable bonds is 8. The number of benzene rings is 2. The van der Waals surface area contributed by atoms with E-state index in [1.54, 1.807) is 13.3 Å². The molecule has 8 nitrogen and oxygen atoms in total. The molecule has 1 fully saturated rings. The third-order valence-electron chi connectivity index (χ3n) is 6.86. The zero-order valence-electron chi connectivity index (χ0n) is 23.8. The number of carbonyl (C=O) groups is 1. The zero-order chi connectivity index (χ0) is 29.1. The van der Waals surface area contributed by atoms with E-state index in [1.165, 1.54) is 0 Å². The van der Waals surface area contributed by atoms with Crippen LogP contribution < -0.4 is 25.0 Å². The molecule has 0 spiro atoms. The van der Waals surface area contributed by atoms with Crippen molar-refractivity contribution in [3.8, 4) is 22.8 Å². The summed E-state index contributed by atoms with van der Waals surface area (Å²) in [6, 6.07) is 22.6. The van der Waals surface area contributed by atoms with E-state index < -0.39 is 5.41 Å². The van der Waals surface area contributed by atoms with Crippen molar-refractivity contribution in [1.29, 1.82) is 0 Å². The van der Waals surface area contributed by atoms with Crippen molar-refractivity contribution in [3.63, 3.8) is 0 Å². The summed E-state index contributed by atoms with van der Waals surface area (Å²) in [6.45, 7) is 8.17. The van der Waals surface area contributed by atoms with E-state index in [0.717, 1.165) is 34.2 Å². The molecule has 0 aliphatic carbocycles. The van der Waals surface area contributed by atoms with Crippen molar-refractivity contribution < 1.29 is 18.7 Å². The van der Waals surface area contributed by atoms with Crippen LogP contribution in [0.1, 0.15) is 51.2 Å². The summed E-state index contributed by atoms with van der Waals surface area (Å²) in [5.41, 5.74) is 2.60. The van der Waals surface area contributed by atoms with Gasteiger partial charge in [-0.15, -0.1) is 0 Å². The number of pyridine rings is 1. The zero-order valence-corrected chi connectivity index (χ0v) is 24.6. The molecular formula is C32H34N4O4S. The fourth-order valence-electron chi connectivity index (χ4n) is 4.71. The van der Waals surface area contributed by atoms with Crippen LogP contribution in [0.4, 0.5) is 11.4 Å². The molecule has 0 saturated carbocycles. The third-order valence-corrected chi connectivity index (χ3v) is 7.17. The summed E-state index contributed by atoms with van der Waals surface area (Å²) in [4.78, 5) is 19.3. The highest BCUT2D eigenvalue weighted by atomic mass is 32.1. The minimum Gasteiger partial charge on any atom is -0.494 e. The van der Waals surface area contributed by atoms with E-state index in [9.17, 15) is 4.79 Å². The molecule has 212 valence electrons. The highest BCUT2D eigenvalue weighted by Crippen LogP contribution is 2.44. The number of methoxy groups -OCH3 is 1. The van der Waals surface area contributed by atoms with E-state index in [-0.39, 0.29) is 18.0 Å². The van der Waals surface area contributed by atoms with E-state index in [0.29, 0.717) is 23.2 Å². The first kappa shape index (κ1) is 28.2.